The van der Waals surface area contributed by atoms with E-state index in [1.807, 2.05) is 6.07 Å². The number of thiophene rings is 1. The van der Waals surface area contributed by atoms with Gasteiger partial charge < -0.3 is 15.1 Å². The second-order valence-corrected chi connectivity index (χ2v) is 6.46. The maximum absolute atomic E-state index is 10.0. The van der Waals surface area contributed by atoms with E-state index in [1.165, 1.54) is 42.0 Å². The van der Waals surface area contributed by atoms with E-state index in [-0.39, 0.29) is 11.5 Å². The predicted octanol–water partition coefficient (Wildman–Crippen LogP) is 3.73. The van der Waals surface area contributed by atoms with Gasteiger partial charge in [0, 0.05) is 30.5 Å². The molecule has 3 heterocycles. The van der Waals surface area contributed by atoms with Crippen LogP contribution >= 0.6 is 11.3 Å². The average molecular weight is 288 g/mol. The van der Waals surface area contributed by atoms with E-state index in [0.29, 0.717) is 0 Å². The largest absolute Gasteiger partial charge is 0.504 e. The first kappa shape index (κ1) is 12.0. The van der Waals surface area contributed by atoms with Gasteiger partial charge >= 0.3 is 0 Å². The third-order valence-electron chi connectivity index (χ3n) is 4.17. The number of rotatable bonds is 0. The van der Waals surface area contributed by atoms with Gasteiger partial charge in [-0.2, -0.15) is 0 Å². The van der Waals surface area contributed by atoms with Crippen LogP contribution in [0.1, 0.15) is 31.2 Å². The van der Waals surface area contributed by atoms with Crippen LogP contribution in [0.3, 0.4) is 0 Å². The average Bonchev–Trinajstić information content (AvgIpc) is 2.64. The van der Waals surface area contributed by atoms with Crippen LogP contribution in [-0.2, 0) is 6.54 Å². The molecule has 1 saturated heterocycles. The van der Waals surface area contributed by atoms with Crippen molar-refractivity contribution in [2.75, 3.05) is 6.54 Å². The van der Waals surface area contributed by atoms with E-state index in [2.05, 4.69) is 4.90 Å². The SMILES string of the molecule is Oc1ccc2c3c(sc2c1O)N=C1CCCCCN1C3. The number of hydrogen-bond acceptors (Lipinski definition) is 5. The lowest BCUT2D eigenvalue weighted by atomic mass is 10.1. The van der Waals surface area contributed by atoms with Crippen LogP contribution in [0.5, 0.6) is 11.5 Å². The van der Waals surface area contributed by atoms with Gasteiger partial charge in [0.2, 0.25) is 0 Å². The van der Waals surface area contributed by atoms with Crippen LogP contribution in [0, 0.1) is 0 Å². The second kappa shape index (κ2) is 4.38. The van der Waals surface area contributed by atoms with Crippen LogP contribution in [-0.4, -0.2) is 27.5 Å². The topological polar surface area (TPSA) is 56.1 Å². The maximum atomic E-state index is 10.0. The van der Waals surface area contributed by atoms with Crippen LogP contribution in [0.2, 0.25) is 0 Å². The standard InChI is InChI=1S/C15H16N2O2S/c18-11-6-5-9-10-8-17-7-3-1-2-4-12(17)16-15(10)20-14(9)13(11)19/h5-6,18-19H,1-4,7-8H2. The molecule has 104 valence electrons. The Bertz CT molecular complexity index is 720. The number of hydrogen-bond donors (Lipinski definition) is 2. The van der Waals surface area contributed by atoms with E-state index in [9.17, 15) is 10.2 Å². The van der Waals surface area contributed by atoms with Crippen LogP contribution < -0.4 is 0 Å². The molecule has 20 heavy (non-hydrogen) atoms. The number of fused-ring (bicyclic) bond motifs is 4. The van der Waals surface area contributed by atoms with Gasteiger partial charge in [-0.15, -0.1) is 11.3 Å². The third-order valence-corrected chi connectivity index (χ3v) is 5.31. The summed E-state index contributed by atoms with van der Waals surface area (Å²) in [6.45, 7) is 1.94. The zero-order chi connectivity index (χ0) is 13.7. The fourth-order valence-corrected chi connectivity index (χ4v) is 4.22. The molecule has 2 N–H and O–H groups in total. The monoisotopic (exact) mass is 288 g/mol. The highest BCUT2D eigenvalue weighted by Gasteiger charge is 2.25. The van der Waals surface area contributed by atoms with Crippen molar-refractivity contribution in [1.82, 2.24) is 4.90 Å². The maximum Gasteiger partial charge on any atom is 0.175 e. The highest BCUT2D eigenvalue weighted by Crippen LogP contribution is 2.47. The van der Waals surface area contributed by atoms with Gasteiger partial charge in [0.05, 0.1) is 4.70 Å². The van der Waals surface area contributed by atoms with Crippen molar-refractivity contribution in [3.05, 3.63) is 17.7 Å². The minimum absolute atomic E-state index is 0.0164. The quantitative estimate of drug-likeness (QED) is 0.726. The number of phenols is 2. The fraction of sp³-hybridized carbons (Fsp3) is 0.400. The summed E-state index contributed by atoms with van der Waals surface area (Å²) in [4.78, 5) is 7.17. The van der Waals surface area contributed by atoms with E-state index in [1.54, 1.807) is 6.07 Å². The summed E-state index contributed by atoms with van der Waals surface area (Å²) < 4.78 is 0.747. The molecule has 0 bridgehead atoms. The number of aromatic hydroxyl groups is 2. The van der Waals surface area contributed by atoms with Gasteiger partial charge in [-0.05, 0) is 25.0 Å². The summed E-state index contributed by atoms with van der Waals surface area (Å²) in [6.07, 6.45) is 4.76. The van der Waals surface area contributed by atoms with Crippen molar-refractivity contribution < 1.29 is 10.2 Å². The molecule has 4 nitrogen and oxygen atoms in total. The molecule has 1 fully saturated rings. The molecule has 5 heteroatoms. The summed E-state index contributed by atoms with van der Waals surface area (Å²) in [5.41, 5.74) is 1.19. The van der Waals surface area contributed by atoms with Crippen LogP contribution in [0.4, 0.5) is 5.00 Å². The fourth-order valence-electron chi connectivity index (χ4n) is 3.07. The summed E-state index contributed by atoms with van der Waals surface area (Å²) in [7, 11) is 0. The second-order valence-electron chi connectivity index (χ2n) is 5.46. The molecule has 1 aromatic carbocycles. The first-order valence-corrected chi connectivity index (χ1v) is 7.84. The number of phenolic OH excluding ortho intramolecular Hbond substituents is 2. The van der Waals surface area contributed by atoms with Crippen molar-refractivity contribution in [2.45, 2.75) is 32.2 Å². The normalized spacial score (nSPS) is 18.4. The summed E-state index contributed by atoms with van der Waals surface area (Å²) in [5.74, 6) is 1.11. The molecule has 0 spiro atoms. The van der Waals surface area contributed by atoms with Crippen molar-refractivity contribution in [3.63, 3.8) is 0 Å². The van der Waals surface area contributed by atoms with E-state index in [4.69, 9.17) is 4.99 Å². The highest BCUT2D eigenvalue weighted by molar-refractivity contribution is 7.23. The van der Waals surface area contributed by atoms with Gasteiger partial charge in [-0.1, -0.05) is 6.42 Å². The van der Waals surface area contributed by atoms with E-state index in [0.717, 1.165) is 34.6 Å². The van der Waals surface area contributed by atoms with Crippen molar-refractivity contribution in [2.24, 2.45) is 4.99 Å². The Balaban J connectivity index is 1.89. The molecule has 0 aliphatic carbocycles. The lowest BCUT2D eigenvalue weighted by Crippen LogP contribution is -2.31. The zero-order valence-corrected chi connectivity index (χ0v) is 11.9. The molecule has 0 amide bonds. The minimum Gasteiger partial charge on any atom is -0.504 e. The zero-order valence-electron chi connectivity index (χ0n) is 11.1. The molecule has 0 radical (unpaired) electrons. The van der Waals surface area contributed by atoms with Gasteiger partial charge in [-0.3, -0.25) is 0 Å². The van der Waals surface area contributed by atoms with E-state index >= 15 is 0 Å². The molecule has 0 unspecified atom stereocenters. The van der Waals surface area contributed by atoms with Crippen LogP contribution in [0.15, 0.2) is 17.1 Å². The minimum atomic E-state index is -0.0572. The summed E-state index contributed by atoms with van der Waals surface area (Å²) in [6, 6.07) is 3.45. The van der Waals surface area contributed by atoms with Crippen molar-refractivity contribution in [3.8, 4) is 11.5 Å². The first-order chi connectivity index (χ1) is 9.74. The lowest BCUT2D eigenvalue weighted by Gasteiger charge is -2.27. The Labute approximate surface area is 121 Å². The highest BCUT2D eigenvalue weighted by atomic mass is 32.1. The Kier molecular flexibility index (Phi) is 2.63. The Morgan fingerprint density at radius 2 is 2.05 bits per heavy atom. The van der Waals surface area contributed by atoms with Gasteiger partial charge in [-0.25, -0.2) is 4.99 Å². The molecular weight excluding hydrogens is 272 g/mol. The Hall–Kier alpha value is -1.75. The Morgan fingerprint density at radius 3 is 2.95 bits per heavy atom. The molecule has 2 aliphatic heterocycles. The molecular formula is C15H16N2O2S. The molecule has 2 aliphatic rings. The van der Waals surface area contributed by atoms with Crippen molar-refractivity contribution >= 4 is 32.3 Å². The Morgan fingerprint density at radius 1 is 1.15 bits per heavy atom. The molecule has 1 aromatic heterocycles. The predicted molar refractivity (Wildman–Crippen MR) is 81.1 cm³/mol. The number of amidine groups is 1. The molecule has 4 rings (SSSR count). The number of benzene rings is 1. The van der Waals surface area contributed by atoms with E-state index < -0.39 is 0 Å². The molecule has 2 aromatic rings. The summed E-state index contributed by atoms with van der Waals surface area (Å²) in [5, 5.41) is 21.7. The summed E-state index contributed by atoms with van der Waals surface area (Å²) >= 11 is 1.48. The molecule has 0 atom stereocenters. The lowest BCUT2D eigenvalue weighted by molar-refractivity contribution is 0.405. The number of nitrogens with zero attached hydrogens (tertiary/aromatic N) is 2. The first-order valence-electron chi connectivity index (χ1n) is 7.03. The third kappa shape index (κ3) is 1.69. The number of aliphatic imine (C=N–C) groups is 1. The van der Waals surface area contributed by atoms with Gasteiger partial charge in [0.1, 0.15) is 10.8 Å². The van der Waals surface area contributed by atoms with Crippen LogP contribution in [0.25, 0.3) is 10.1 Å². The van der Waals surface area contributed by atoms with Gasteiger partial charge in [0.15, 0.2) is 11.5 Å². The van der Waals surface area contributed by atoms with Gasteiger partial charge in [0.25, 0.3) is 0 Å². The van der Waals surface area contributed by atoms with Crippen molar-refractivity contribution in [1.29, 1.82) is 0 Å². The smallest absolute Gasteiger partial charge is 0.175 e. The molecule has 0 saturated carbocycles.